The van der Waals surface area contributed by atoms with Gasteiger partial charge < -0.3 is 4.90 Å². The monoisotopic (exact) mass is 442 g/mol. The molecule has 2 heterocycles. The van der Waals surface area contributed by atoms with E-state index in [0.29, 0.717) is 39.3 Å². The first-order valence-electron chi connectivity index (χ1n) is 10.3. The number of rotatable bonds is 5. The number of nitrogens with zero attached hydrogens (tertiary/aromatic N) is 2. The van der Waals surface area contributed by atoms with Gasteiger partial charge in [-0.25, -0.2) is 0 Å². The molecule has 4 nitrogen and oxygen atoms in total. The third kappa shape index (κ3) is 3.99. The van der Waals surface area contributed by atoms with E-state index in [1.54, 1.807) is 18.2 Å². The molecule has 0 bridgehead atoms. The molecule has 0 N–H and O–H groups in total. The molecule has 6 heteroatoms. The predicted molar refractivity (Wildman–Crippen MR) is 120 cm³/mol. The number of hydrogen-bond donors (Lipinski definition) is 0. The van der Waals surface area contributed by atoms with E-state index in [2.05, 4.69) is 29.2 Å². The van der Waals surface area contributed by atoms with Gasteiger partial charge in [-0.05, 0) is 49.8 Å². The number of carbonyl (C=O) groups excluding carboxylic acids is 2. The van der Waals surface area contributed by atoms with Crippen molar-refractivity contribution in [1.29, 1.82) is 0 Å². The Kier molecular flexibility index (Phi) is 6.16. The third-order valence-corrected chi connectivity index (χ3v) is 6.51. The number of carbonyl (C=O) groups is 2. The topological polar surface area (TPSA) is 40.6 Å². The molecule has 0 radical (unpaired) electrons. The first-order valence-corrected chi connectivity index (χ1v) is 11.1. The summed E-state index contributed by atoms with van der Waals surface area (Å²) in [5.41, 5.74) is 2.78. The molecule has 2 aliphatic heterocycles. The molecule has 2 aromatic carbocycles. The lowest BCUT2D eigenvalue weighted by molar-refractivity contribution is -0.137. The molecule has 2 aliphatic rings. The van der Waals surface area contributed by atoms with Crippen LogP contribution in [-0.2, 0) is 16.0 Å². The number of piperidine rings is 1. The van der Waals surface area contributed by atoms with Crippen LogP contribution in [0.5, 0.6) is 0 Å². The zero-order valence-corrected chi connectivity index (χ0v) is 18.4. The van der Waals surface area contributed by atoms with Gasteiger partial charge in [-0.1, -0.05) is 59.6 Å². The van der Waals surface area contributed by atoms with Gasteiger partial charge in [0.25, 0.3) is 11.8 Å². The summed E-state index contributed by atoms with van der Waals surface area (Å²) in [6.45, 7) is 3.64. The highest BCUT2D eigenvalue weighted by molar-refractivity contribution is 6.41. The lowest BCUT2D eigenvalue weighted by Crippen LogP contribution is -2.39. The quantitative estimate of drug-likeness (QED) is 0.608. The highest BCUT2D eigenvalue weighted by Gasteiger charge is 2.42. The molecule has 30 heavy (non-hydrogen) atoms. The molecule has 1 fully saturated rings. The van der Waals surface area contributed by atoms with E-state index in [4.69, 9.17) is 23.2 Å². The van der Waals surface area contributed by atoms with Crippen LogP contribution in [0.3, 0.4) is 0 Å². The van der Waals surface area contributed by atoms with Crippen LogP contribution in [-0.4, -0.2) is 41.2 Å². The minimum atomic E-state index is -0.284. The van der Waals surface area contributed by atoms with Crippen molar-refractivity contribution in [1.82, 2.24) is 9.80 Å². The maximum atomic E-state index is 13.1. The summed E-state index contributed by atoms with van der Waals surface area (Å²) in [7, 11) is 0. The van der Waals surface area contributed by atoms with E-state index in [9.17, 15) is 9.59 Å². The molecule has 0 saturated carbocycles. The summed E-state index contributed by atoms with van der Waals surface area (Å²) < 4.78 is 0. The highest BCUT2D eigenvalue weighted by Crippen LogP contribution is 2.37. The molecule has 4 rings (SSSR count). The van der Waals surface area contributed by atoms with E-state index in [-0.39, 0.29) is 11.8 Å². The van der Waals surface area contributed by atoms with Crippen molar-refractivity contribution in [3.8, 4) is 0 Å². The van der Waals surface area contributed by atoms with Crippen molar-refractivity contribution >= 4 is 40.6 Å². The van der Waals surface area contributed by atoms with Gasteiger partial charge >= 0.3 is 0 Å². The number of likely N-dealkylation sites (tertiary alicyclic amines) is 1. The lowest BCUT2D eigenvalue weighted by Gasteiger charge is -2.34. The molecule has 1 saturated heterocycles. The van der Waals surface area contributed by atoms with Gasteiger partial charge in [-0.2, -0.15) is 0 Å². The second-order valence-electron chi connectivity index (χ2n) is 7.82. The van der Waals surface area contributed by atoms with Gasteiger partial charge in [0.2, 0.25) is 0 Å². The van der Waals surface area contributed by atoms with Gasteiger partial charge in [-0.3, -0.25) is 14.5 Å². The van der Waals surface area contributed by atoms with Crippen molar-refractivity contribution in [3.63, 3.8) is 0 Å². The molecule has 0 spiro atoms. The molecular formula is C24H24Cl2N2O2. The standard InChI is InChI=1S/C24H24Cl2N2O2/c1-2-28-23(29)21(19-9-8-18(25)15-20(19)26)22(24(28)30)27-12-10-17(11-13-27)14-16-6-4-3-5-7-16/h3-9,15,17H,2,10-14H2,1H3. The SMILES string of the molecule is CCN1C(=O)C(c2ccc(Cl)cc2Cl)=C(N2CCC(Cc3ccccc3)CC2)C1=O. The molecule has 0 unspecified atom stereocenters. The van der Waals surface area contributed by atoms with Crippen LogP contribution in [0.25, 0.3) is 5.57 Å². The highest BCUT2D eigenvalue weighted by atomic mass is 35.5. The van der Waals surface area contributed by atoms with E-state index in [0.717, 1.165) is 32.4 Å². The number of imide groups is 1. The number of benzene rings is 2. The number of halogens is 2. The molecular weight excluding hydrogens is 419 g/mol. The van der Waals surface area contributed by atoms with E-state index >= 15 is 0 Å². The Morgan fingerprint density at radius 2 is 1.67 bits per heavy atom. The van der Waals surface area contributed by atoms with E-state index in [1.165, 1.54) is 10.5 Å². The Morgan fingerprint density at radius 1 is 0.967 bits per heavy atom. The smallest absolute Gasteiger partial charge is 0.277 e. The van der Waals surface area contributed by atoms with Crippen molar-refractivity contribution in [2.24, 2.45) is 5.92 Å². The molecule has 2 aromatic rings. The van der Waals surface area contributed by atoms with Crippen molar-refractivity contribution in [2.45, 2.75) is 26.2 Å². The van der Waals surface area contributed by atoms with Gasteiger partial charge in [-0.15, -0.1) is 0 Å². The first-order chi connectivity index (χ1) is 14.5. The molecule has 0 atom stereocenters. The van der Waals surface area contributed by atoms with E-state index < -0.39 is 0 Å². The van der Waals surface area contributed by atoms with Crippen LogP contribution in [0.4, 0.5) is 0 Å². The summed E-state index contributed by atoms with van der Waals surface area (Å²) in [6, 6.07) is 15.5. The Morgan fingerprint density at radius 3 is 2.30 bits per heavy atom. The zero-order valence-electron chi connectivity index (χ0n) is 16.9. The van der Waals surface area contributed by atoms with Crippen molar-refractivity contribution < 1.29 is 9.59 Å². The molecule has 156 valence electrons. The summed E-state index contributed by atoms with van der Waals surface area (Å²) in [5.74, 6) is 0.0551. The minimum absolute atomic E-state index is 0.231. The summed E-state index contributed by atoms with van der Waals surface area (Å²) >= 11 is 12.5. The Bertz CT molecular complexity index is 996. The van der Waals surface area contributed by atoms with Crippen LogP contribution in [0, 0.1) is 5.92 Å². The Hall–Kier alpha value is -2.30. The maximum Gasteiger partial charge on any atom is 0.277 e. The summed E-state index contributed by atoms with van der Waals surface area (Å²) in [5, 5.41) is 0.879. The minimum Gasteiger partial charge on any atom is -0.366 e. The van der Waals surface area contributed by atoms with E-state index in [1.807, 2.05) is 13.0 Å². The average molecular weight is 443 g/mol. The van der Waals surface area contributed by atoms with Gasteiger partial charge in [0.15, 0.2) is 0 Å². The van der Waals surface area contributed by atoms with Gasteiger partial charge in [0.05, 0.1) is 10.6 Å². The predicted octanol–water partition coefficient (Wildman–Crippen LogP) is 5.05. The van der Waals surface area contributed by atoms with Crippen LogP contribution >= 0.6 is 23.2 Å². The fraction of sp³-hybridized carbons (Fsp3) is 0.333. The normalized spacial score (nSPS) is 18.0. The zero-order chi connectivity index (χ0) is 21.3. The number of likely N-dealkylation sites (N-methyl/N-ethyl adjacent to an activating group) is 1. The fourth-order valence-electron chi connectivity index (χ4n) is 4.39. The lowest BCUT2D eigenvalue weighted by atomic mass is 9.89. The first kappa shape index (κ1) is 21.0. The van der Waals surface area contributed by atoms with Crippen molar-refractivity contribution in [3.05, 3.63) is 75.4 Å². The van der Waals surface area contributed by atoms with Crippen LogP contribution in [0.15, 0.2) is 54.2 Å². The van der Waals surface area contributed by atoms with Crippen LogP contribution in [0.1, 0.15) is 30.9 Å². The molecule has 0 aromatic heterocycles. The largest absolute Gasteiger partial charge is 0.366 e. The fourth-order valence-corrected chi connectivity index (χ4v) is 4.89. The number of amides is 2. The molecule has 2 amide bonds. The van der Waals surface area contributed by atoms with Gasteiger partial charge in [0, 0.05) is 30.2 Å². The Labute approximate surface area is 187 Å². The van der Waals surface area contributed by atoms with Crippen molar-refractivity contribution in [2.75, 3.05) is 19.6 Å². The second kappa shape index (κ2) is 8.83. The Balaban J connectivity index is 1.60. The summed E-state index contributed by atoms with van der Waals surface area (Å²) in [6.07, 6.45) is 3.00. The van der Waals surface area contributed by atoms with Crippen LogP contribution in [0.2, 0.25) is 10.0 Å². The van der Waals surface area contributed by atoms with Crippen LogP contribution < -0.4 is 0 Å². The third-order valence-electron chi connectivity index (χ3n) is 5.96. The molecule has 0 aliphatic carbocycles. The average Bonchev–Trinajstić information content (AvgIpc) is 2.99. The second-order valence-corrected chi connectivity index (χ2v) is 8.67. The van der Waals surface area contributed by atoms with Gasteiger partial charge in [0.1, 0.15) is 5.70 Å². The summed E-state index contributed by atoms with van der Waals surface area (Å²) in [4.78, 5) is 29.6. The number of hydrogen-bond acceptors (Lipinski definition) is 3. The maximum absolute atomic E-state index is 13.1.